The van der Waals surface area contributed by atoms with Crippen molar-refractivity contribution in [2.45, 2.75) is 13.5 Å². The van der Waals surface area contributed by atoms with Crippen LogP contribution in [0.1, 0.15) is 11.3 Å². The molecule has 4 rings (SSSR count). The normalized spacial score (nSPS) is 11.1. The highest BCUT2D eigenvalue weighted by Gasteiger charge is 2.06. The van der Waals surface area contributed by atoms with Crippen molar-refractivity contribution in [3.8, 4) is 16.9 Å². The van der Waals surface area contributed by atoms with Crippen LogP contribution in [0, 0.1) is 18.6 Å². The van der Waals surface area contributed by atoms with E-state index in [1.165, 1.54) is 6.07 Å². The number of benzene rings is 2. The average molecular weight is 393 g/mol. The van der Waals surface area contributed by atoms with Gasteiger partial charge in [0.15, 0.2) is 11.6 Å². The molecule has 6 heteroatoms. The van der Waals surface area contributed by atoms with Crippen molar-refractivity contribution in [3.63, 3.8) is 0 Å². The quantitative estimate of drug-likeness (QED) is 0.435. The third-order valence-corrected chi connectivity index (χ3v) is 4.67. The van der Waals surface area contributed by atoms with E-state index in [0.717, 1.165) is 39.5 Å². The lowest BCUT2D eigenvalue weighted by Gasteiger charge is -2.09. The summed E-state index contributed by atoms with van der Waals surface area (Å²) >= 11 is 0. The van der Waals surface area contributed by atoms with Crippen molar-refractivity contribution in [3.05, 3.63) is 83.8 Å². The van der Waals surface area contributed by atoms with E-state index in [-0.39, 0.29) is 0 Å². The van der Waals surface area contributed by atoms with Crippen LogP contribution in [-0.2, 0) is 6.54 Å². The minimum atomic E-state index is -0.865. The number of aromatic amines is 1. The van der Waals surface area contributed by atoms with Crippen LogP contribution in [-0.4, -0.2) is 23.1 Å². The minimum Gasteiger partial charge on any atom is -0.492 e. The lowest BCUT2D eigenvalue weighted by Crippen LogP contribution is -2.20. The monoisotopic (exact) mass is 393 g/mol. The number of ether oxygens (including phenoxy) is 1. The van der Waals surface area contributed by atoms with E-state index in [2.05, 4.69) is 21.4 Å². The maximum Gasteiger partial charge on any atom is 0.159 e. The zero-order chi connectivity index (χ0) is 20.2. The van der Waals surface area contributed by atoms with Crippen LogP contribution in [0.25, 0.3) is 22.0 Å². The molecule has 2 N–H and O–H groups in total. The number of aromatic nitrogens is 2. The Balaban J connectivity index is 1.32. The number of hydrogen-bond donors (Lipinski definition) is 2. The smallest absolute Gasteiger partial charge is 0.159 e. The van der Waals surface area contributed by atoms with Gasteiger partial charge in [-0.15, -0.1) is 0 Å². The Morgan fingerprint density at radius 1 is 1.00 bits per heavy atom. The Labute approximate surface area is 167 Å². The Morgan fingerprint density at radius 2 is 1.90 bits per heavy atom. The van der Waals surface area contributed by atoms with Crippen LogP contribution >= 0.6 is 0 Å². The highest BCUT2D eigenvalue weighted by Crippen LogP contribution is 2.26. The molecule has 0 aliphatic rings. The molecule has 4 aromatic rings. The number of nitrogens with zero attached hydrogens (tertiary/aromatic N) is 1. The summed E-state index contributed by atoms with van der Waals surface area (Å²) in [6.07, 6.45) is 3.39. The Kier molecular flexibility index (Phi) is 5.53. The third-order valence-electron chi connectivity index (χ3n) is 4.67. The molecule has 148 valence electrons. The van der Waals surface area contributed by atoms with Crippen LogP contribution in [0.2, 0.25) is 0 Å². The van der Waals surface area contributed by atoms with Gasteiger partial charge in [0.2, 0.25) is 0 Å². The number of pyridine rings is 1. The predicted octanol–water partition coefficient (Wildman–Crippen LogP) is 4.99. The number of hydrogen-bond acceptors (Lipinski definition) is 3. The Morgan fingerprint density at radius 3 is 2.76 bits per heavy atom. The van der Waals surface area contributed by atoms with Crippen LogP contribution < -0.4 is 10.1 Å². The topological polar surface area (TPSA) is 49.9 Å². The van der Waals surface area contributed by atoms with Gasteiger partial charge in [-0.05, 0) is 54.4 Å². The number of nitrogens with one attached hydrogen (secondary N) is 2. The van der Waals surface area contributed by atoms with Crippen molar-refractivity contribution >= 4 is 10.9 Å². The van der Waals surface area contributed by atoms with Crippen molar-refractivity contribution in [1.29, 1.82) is 0 Å². The summed E-state index contributed by atoms with van der Waals surface area (Å²) in [4.78, 5) is 7.51. The lowest BCUT2D eigenvalue weighted by atomic mass is 10.1. The molecule has 0 aliphatic carbocycles. The summed E-state index contributed by atoms with van der Waals surface area (Å²) in [5, 5.41) is 4.39. The van der Waals surface area contributed by atoms with Gasteiger partial charge in [-0.1, -0.05) is 12.1 Å². The van der Waals surface area contributed by atoms with E-state index in [9.17, 15) is 8.78 Å². The number of fused-ring (bicyclic) bond motifs is 1. The second-order valence-corrected chi connectivity index (χ2v) is 6.91. The molecule has 2 aromatic carbocycles. The molecule has 2 aromatic heterocycles. The SMILES string of the molecule is Cc1cc2c(OCCNCc3cncc(-c4ccc(F)c(F)c4)c3)cccc2[nH]1. The van der Waals surface area contributed by atoms with Gasteiger partial charge in [-0.3, -0.25) is 4.98 Å². The maximum absolute atomic E-state index is 13.5. The second kappa shape index (κ2) is 8.41. The first-order valence-corrected chi connectivity index (χ1v) is 9.41. The molecule has 0 saturated carbocycles. The van der Waals surface area contributed by atoms with Gasteiger partial charge in [0, 0.05) is 47.6 Å². The molecule has 0 aliphatic heterocycles. The first-order chi connectivity index (χ1) is 14.1. The van der Waals surface area contributed by atoms with Crippen molar-refractivity contribution in [1.82, 2.24) is 15.3 Å². The third kappa shape index (κ3) is 4.43. The molecule has 0 atom stereocenters. The van der Waals surface area contributed by atoms with Crippen LogP contribution in [0.4, 0.5) is 8.78 Å². The Hall–Kier alpha value is -3.25. The average Bonchev–Trinajstić information content (AvgIpc) is 3.11. The second-order valence-electron chi connectivity index (χ2n) is 6.91. The van der Waals surface area contributed by atoms with Crippen LogP contribution in [0.5, 0.6) is 5.75 Å². The standard InChI is InChI=1S/C23H21F2N3O/c1-15-9-19-22(28-15)3-2-4-23(19)29-8-7-26-12-16-10-18(14-27-13-16)17-5-6-20(24)21(25)11-17/h2-6,9-11,13-14,26,28H,7-8,12H2,1H3. The number of halogens is 2. The number of H-pyrrole nitrogens is 1. The minimum absolute atomic E-state index is 0.527. The zero-order valence-corrected chi connectivity index (χ0v) is 16.0. The van der Waals surface area contributed by atoms with E-state index in [4.69, 9.17) is 4.74 Å². The summed E-state index contributed by atoms with van der Waals surface area (Å²) in [5.41, 5.74) is 4.46. The summed E-state index contributed by atoms with van der Waals surface area (Å²) in [5.74, 6) is -0.864. The van der Waals surface area contributed by atoms with Gasteiger partial charge < -0.3 is 15.0 Å². The summed E-state index contributed by atoms with van der Waals surface area (Å²) in [7, 11) is 0. The molecule has 0 saturated heterocycles. The molecule has 4 nitrogen and oxygen atoms in total. The van der Waals surface area contributed by atoms with Gasteiger partial charge >= 0.3 is 0 Å². The molecule has 0 radical (unpaired) electrons. The Bertz CT molecular complexity index is 1140. The van der Waals surface area contributed by atoms with Crippen LogP contribution in [0.3, 0.4) is 0 Å². The van der Waals surface area contributed by atoms with E-state index in [1.54, 1.807) is 18.5 Å². The van der Waals surface area contributed by atoms with Gasteiger partial charge in [0.25, 0.3) is 0 Å². The molecule has 2 heterocycles. The fourth-order valence-electron chi connectivity index (χ4n) is 3.28. The lowest BCUT2D eigenvalue weighted by molar-refractivity contribution is 0.317. The van der Waals surface area contributed by atoms with Gasteiger partial charge in [-0.2, -0.15) is 0 Å². The number of rotatable bonds is 7. The molecular weight excluding hydrogens is 372 g/mol. The fraction of sp³-hybridized carbons (Fsp3) is 0.174. The summed E-state index contributed by atoms with van der Waals surface area (Å²) in [6, 6.07) is 13.8. The van der Waals surface area contributed by atoms with E-state index in [0.29, 0.717) is 25.3 Å². The first-order valence-electron chi connectivity index (χ1n) is 9.41. The first kappa shape index (κ1) is 19.1. The fourth-order valence-corrected chi connectivity index (χ4v) is 3.28. The largest absolute Gasteiger partial charge is 0.492 e. The molecule has 29 heavy (non-hydrogen) atoms. The molecule has 0 amide bonds. The van der Waals surface area contributed by atoms with Gasteiger partial charge in [-0.25, -0.2) is 8.78 Å². The van der Waals surface area contributed by atoms with E-state index < -0.39 is 11.6 Å². The van der Waals surface area contributed by atoms with E-state index >= 15 is 0 Å². The maximum atomic E-state index is 13.5. The van der Waals surface area contributed by atoms with Crippen LogP contribution in [0.15, 0.2) is 60.9 Å². The summed E-state index contributed by atoms with van der Waals surface area (Å²) < 4.78 is 32.5. The zero-order valence-electron chi connectivity index (χ0n) is 16.0. The van der Waals surface area contributed by atoms with Crippen molar-refractivity contribution in [2.75, 3.05) is 13.2 Å². The van der Waals surface area contributed by atoms with Gasteiger partial charge in [0.05, 0.1) is 0 Å². The predicted molar refractivity (Wildman–Crippen MR) is 110 cm³/mol. The van der Waals surface area contributed by atoms with Crippen molar-refractivity contribution in [2.24, 2.45) is 0 Å². The highest BCUT2D eigenvalue weighted by molar-refractivity contribution is 5.86. The molecular formula is C23H21F2N3O. The number of aryl methyl sites for hydroxylation is 1. The molecule has 0 unspecified atom stereocenters. The molecule has 0 bridgehead atoms. The highest BCUT2D eigenvalue weighted by atomic mass is 19.2. The summed E-state index contributed by atoms with van der Waals surface area (Å²) in [6.45, 7) is 3.81. The van der Waals surface area contributed by atoms with Crippen molar-refractivity contribution < 1.29 is 13.5 Å². The van der Waals surface area contributed by atoms with E-state index in [1.807, 2.05) is 31.2 Å². The molecule has 0 fully saturated rings. The molecule has 0 spiro atoms. The van der Waals surface area contributed by atoms with Gasteiger partial charge in [0.1, 0.15) is 12.4 Å².